The first kappa shape index (κ1) is 15.9. The Balaban J connectivity index is 2.04. The number of alkyl halides is 2. The monoisotopic (exact) mass is 322 g/mol. The number of carbonyl (C=O) groups is 1. The van der Waals surface area contributed by atoms with Crippen molar-refractivity contribution in [1.29, 1.82) is 0 Å². The van der Waals surface area contributed by atoms with Crippen LogP contribution in [0.2, 0.25) is 5.02 Å². The highest BCUT2D eigenvalue weighted by Crippen LogP contribution is 2.37. The summed E-state index contributed by atoms with van der Waals surface area (Å²) in [5, 5.41) is 8.30. The Morgan fingerprint density at radius 1 is 1.48 bits per heavy atom. The number of carboxylic acids is 1. The lowest BCUT2D eigenvalue weighted by Crippen LogP contribution is -2.29. The molecule has 0 spiro atoms. The van der Waals surface area contributed by atoms with E-state index in [2.05, 4.69) is 0 Å². The number of rotatable bonds is 4. The second kappa shape index (κ2) is 6.13. The largest absolute Gasteiger partial charge is 0.492 e. The Morgan fingerprint density at radius 3 is 2.81 bits per heavy atom. The predicted octanol–water partition coefficient (Wildman–Crippen LogP) is 4.38. The van der Waals surface area contributed by atoms with E-state index in [1.54, 1.807) is 0 Å². The van der Waals surface area contributed by atoms with Gasteiger partial charge in [0, 0.05) is 12.8 Å². The van der Waals surface area contributed by atoms with E-state index < -0.39 is 28.3 Å². The van der Waals surface area contributed by atoms with Gasteiger partial charge in [0.15, 0.2) is 5.82 Å². The maximum absolute atomic E-state index is 13.7. The summed E-state index contributed by atoms with van der Waals surface area (Å²) in [5.74, 6) is -5.57. The van der Waals surface area contributed by atoms with Gasteiger partial charge in [-0.1, -0.05) is 11.6 Å². The fourth-order valence-corrected chi connectivity index (χ4v) is 2.65. The van der Waals surface area contributed by atoms with Crippen molar-refractivity contribution in [3.63, 3.8) is 0 Å². The summed E-state index contributed by atoms with van der Waals surface area (Å²) in [6.07, 6.45) is 0.649. The number of ether oxygens (including phenoxy) is 1. The minimum Gasteiger partial charge on any atom is -0.492 e. The molecule has 2 rings (SSSR count). The number of halogens is 4. The fourth-order valence-electron chi connectivity index (χ4n) is 2.43. The van der Waals surface area contributed by atoms with E-state index in [1.165, 1.54) is 6.07 Å². The zero-order valence-corrected chi connectivity index (χ0v) is 11.8. The first-order valence-electron chi connectivity index (χ1n) is 6.52. The number of benzene rings is 1. The van der Waals surface area contributed by atoms with Crippen LogP contribution in [0.15, 0.2) is 12.1 Å². The van der Waals surface area contributed by atoms with E-state index in [-0.39, 0.29) is 31.1 Å². The van der Waals surface area contributed by atoms with Crippen LogP contribution in [0, 0.1) is 11.7 Å². The van der Waals surface area contributed by atoms with E-state index in [4.69, 9.17) is 21.4 Å². The lowest BCUT2D eigenvalue weighted by atomic mass is 9.87. The van der Waals surface area contributed by atoms with Gasteiger partial charge in [0.05, 0.1) is 12.2 Å². The van der Waals surface area contributed by atoms with Gasteiger partial charge >= 0.3 is 5.97 Å². The molecule has 3 nitrogen and oxygen atoms in total. The van der Waals surface area contributed by atoms with Crippen LogP contribution in [-0.2, 0) is 0 Å². The Labute approximate surface area is 124 Å². The third-order valence-electron chi connectivity index (χ3n) is 3.49. The molecule has 0 heterocycles. The molecular formula is C14H14ClF3O3. The van der Waals surface area contributed by atoms with Crippen LogP contribution in [0.5, 0.6) is 5.75 Å². The minimum absolute atomic E-state index is 0.00116. The molecule has 1 atom stereocenters. The van der Waals surface area contributed by atoms with Crippen LogP contribution in [0.1, 0.15) is 36.0 Å². The topological polar surface area (TPSA) is 46.5 Å². The quantitative estimate of drug-likeness (QED) is 0.894. The van der Waals surface area contributed by atoms with Gasteiger partial charge in [-0.2, -0.15) is 0 Å². The molecule has 0 amide bonds. The van der Waals surface area contributed by atoms with Gasteiger partial charge in [-0.25, -0.2) is 18.0 Å². The summed E-state index contributed by atoms with van der Waals surface area (Å²) in [4.78, 5) is 10.7. The molecule has 1 aromatic carbocycles. The van der Waals surface area contributed by atoms with Crippen molar-refractivity contribution in [2.75, 3.05) is 6.61 Å². The van der Waals surface area contributed by atoms with Crippen LogP contribution < -0.4 is 4.74 Å². The summed E-state index contributed by atoms with van der Waals surface area (Å²) in [7, 11) is 0. The third kappa shape index (κ3) is 3.81. The Morgan fingerprint density at radius 2 is 2.19 bits per heavy atom. The van der Waals surface area contributed by atoms with Crippen LogP contribution in [0.4, 0.5) is 13.2 Å². The molecule has 1 fully saturated rings. The molecule has 1 aliphatic rings. The fraction of sp³-hybridized carbons (Fsp3) is 0.500. The van der Waals surface area contributed by atoms with Gasteiger partial charge in [0.2, 0.25) is 5.92 Å². The molecule has 116 valence electrons. The van der Waals surface area contributed by atoms with E-state index >= 15 is 0 Å². The average Bonchev–Trinajstić information content (AvgIpc) is 2.39. The molecule has 7 heteroatoms. The van der Waals surface area contributed by atoms with E-state index in [9.17, 15) is 18.0 Å². The Hall–Kier alpha value is -1.43. The molecule has 0 radical (unpaired) electrons. The standard InChI is InChI=1S/C14H14ClF3O3/c15-11-10(4-3-9(12(11)16)13(19)20)21-7-8-2-1-5-14(17,18)6-8/h3-4,8H,1-2,5-7H2,(H,19,20). The Kier molecular flexibility index (Phi) is 4.66. The van der Waals surface area contributed by atoms with Crippen molar-refractivity contribution < 1.29 is 27.8 Å². The highest BCUT2D eigenvalue weighted by Gasteiger charge is 2.36. The summed E-state index contributed by atoms with van der Waals surface area (Å²) in [5.41, 5.74) is -0.559. The van der Waals surface area contributed by atoms with E-state index in [1.807, 2.05) is 0 Å². The first-order chi connectivity index (χ1) is 9.80. The average molecular weight is 323 g/mol. The molecule has 1 saturated carbocycles. The summed E-state index contributed by atoms with van der Waals surface area (Å²) < 4.78 is 45.5. The van der Waals surface area contributed by atoms with Crippen molar-refractivity contribution in [1.82, 2.24) is 0 Å². The zero-order valence-electron chi connectivity index (χ0n) is 11.0. The highest BCUT2D eigenvalue weighted by atomic mass is 35.5. The van der Waals surface area contributed by atoms with Gasteiger partial charge < -0.3 is 9.84 Å². The number of carboxylic acid groups (broad SMARTS) is 1. The van der Waals surface area contributed by atoms with Crippen molar-refractivity contribution in [3.8, 4) is 5.75 Å². The lowest BCUT2D eigenvalue weighted by molar-refractivity contribution is -0.0585. The molecule has 1 unspecified atom stereocenters. The molecule has 0 aliphatic heterocycles. The number of aromatic carboxylic acids is 1. The van der Waals surface area contributed by atoms with Gasteiger partial charge in [-0.3, -0.25) is 0 Å². The zero-order chi connectivity index (χ0) is 15.6. The summed E-state index contributed by atoms with van der Waals surface area (Å²) in [6, 6.07) is 2.27. The van der Waals surface area contributed by atoms with Crippen LogP contribution >= 0.6 is 11.6 Å². The van der Waals surface area contributed by atoms with Crippen LogP contribution in [0.3, 0.4) is 0 Å². The predicted molar refractivity (Wildman–Crippen MR) is 70.8 cm³/mol. The smallest absolute Gasteiger partial charge is 0.338 e. The molecule has 0 saturated heterocycles. The van der Waals surface area contributed by atoms with Gasteiger partial charge in [-0.15, -0.1) is 0 Å². The van der Waals surface area contributed by atoms with Crippen molar-refractivity contribution in [3.05, 3.63) is 28.5 Å². The summed E-state index contributed by atoms with van der Waals surface area (Å²) >= 11 is 5.70. The molecule has 1 aliphatic carbocycles. The van der Waals surface area contributed by atoms with Crippen LogP contribution in [-0.4, -0.2) is 23.6 Å². The minimum atomic E-state index is -2.69. The lowest BCUT2D eigenvalue weighted by Gasteiger charge is -2.28. The van der Waals surface area contributed by atoms with Gasteiger partial charge in [0.25, 0.3) is 0 Å². The van der Waals surface area contributed by atoms with Gasteiger partial charge in [-0.05, 0) is 30.9 Å². The molecule has 21 heavy (non-hydrogen) atoms. The van der Waals surface area contributed by atoms with Gasteiger partial charge in [0.1, 0.15) is 10.8 Å². The second-order valence-electron chi connectivity index (χ2n) is 5.17. The Bertz CT molecular complexity index is 549. The van der Waals surface area contributed by atoms with Crippen molar-refractivity contribution >= 4 is 17.6 Å². The molecule has 1 N–H and O–H groups in total. The second-order valence-corrected chi connectivity index (χ2v) is 5.55. The van der Waals surface area contributed by atoms with E-state index in [0.717, 1.165) is 6.07 Å². The van der Waals surface area contributed by atoms with E-state index in [0.29, 0.717) is 12.8 Å². The normalized spacial score (nSPS) is 21.0. The number of hydrogen-bond donors (Lipinski definition) is 1. The van der Waals surface area contributed by atoms with Crippen LogP contribution in [0.25, 0.3) is 0 Å². The maximum atomic E-state index is 13.7. The number of hydrogen-bond acceptors (Lipinski definition) is 2. The molecule has 1 aromatic rings. The molecule has 0 bridgehead atoms. The SMILES string of the molecule is O=C(O)c1ccc(OCC2CCCC(F)(F)C2)c(Cl)c1F. The first-order valence-corrected chi connectivity index (χ1v) is 6.90. The van der Waals surface area contributed by atoms with Crippen molar-refractivity contribution in [2.24, 2.45) is 5.92 Å². The molecule has 0 aromatic heterocycles. The maximum Gasteiger partial charge on any atom is 0.338 e. The van der Waals surface area contributed by atoms with Crippen molar-refractivity contribution in [2.45, 2.75) is 31.6 Å². The third-order valence-corrected chi connectivity index (χ3v) is 3.85. The summed E-state index contributed by atoms with van der Waals surface area (Å²) in [6.45, 7) is 0.00116. The molecular weight excluding hydrogens is 309 g/mol. The highest BCUT2D eigenvalue weighted by molar-refractivity contribution is 6.32.